The number of piperidine rings is 1. The van der Waals surface area contributed by atoms with Crippen molar-refractivity contribution in [1.29, 1.82) is 0 Å². The average Bonchev–Trinajstić information content (AvgIpc) is 2.89. The van der Waals surface area contributed by atoms with Crippen molar-refractivity contribution >= 4 is 0 Å². The molecule has 0 amide bonds. The van der Waals surface area contributed by atoms with E-state index in [4.69, 9.17) is 9.47 Å². The summed E-state index contributed by atoms with van der Waals surface area (Å²) in [5.41, 5.74) is 0. The van der Waals surface area contributed by atoms with Crippen molar-refractivity contribution < 1.29 is 14.4 Å². The van der Waals surface area contributed by atoms with Gasteiger partial charge in [-0.15, -0.1) is 0 Å². The third-order valence-corrected chi connectivity index (χ3v) is 4.69. The topological polar surface area (TPSA) is 22.9 Å². The second-order valence-electron chi connectivity index (χ2n) is 6.29. The van der Waals surface area contributed by atoms with E-state index in [0.717, 1.165) is 13.2 Å². The monoisotopic (exact) mass is 270 g/mol. The summed E-state index contributed by atoms with van der Waals surface area (Å²) in [7, 11) is 0. The Morgan fingerprint density at radius 3 is 2.63 bits per heavy atom. The van der Waals surface area contributed by atoms with E-state index < -0.39 is 0 Å². The number of nitrogens with one attached hydrogen (secondary N) is 1. The maximum absolute atomic E-state index is 6.17. The first-order valence-corrected chi connectivity index (χ1v) is 8.44. The Balaban J connectivity index is 1.71. The van der Waals surface area contributed by atoms with Crippen LogP contribution in [0.15, 0.2) is 0 Å². The minimum Gasteiger partial charge on any atom is -0.349 e. The van der Waals surface area contributed by atoms with Crippen LogP contribution >= 0.6 is 0 Å². The van der Waals surface area contributed by atoms with Gasteiger partial charge in [0.05, 0.1) is 19.7 Å². The van der Waals surface area contributed by atoms with Crippen LogP contribution in [0.2, 0.25) is 0 Å². The van der Waals surface area contributed by atoms with E-state index in [9.17, 15) is 0 Å². The highest BCUT2D eigenvalue weighted by Gasteiger charge is 2.33. The second-order valence-corrected chi connectivity index (χ2v) is 6.29. The van der Waals surface area contributed by atoms with Crippen LogP contribution < -0.4 is 4.90 Å². The van der Waals surface area contributed by atoms with E-state index in [1.54, 1.807) is 4.90 Å². The number of likely N-dealkylation sites (tertiary alicyclic amines) is 1. The zero-order valence-electron chi connectivity index (χ0n) is 12.8. The molecule has 112 valence electrons. The van der Waals surface area contributed by atoms with Gasteiger partial charge >= 0.3 is 0 Å². The molecule has 3 heteroatoms. The van der Waals surface area contributed by atoms with Gasteiger partial charge in [-0.05, 0) is 32.1 Å². The van der Waals surface area contributed by atoms with Crippen molar-refractivity contribution in [3.63, 3.8) is 0 Å². The van der Waals surface area contributed by atoms with Gasteiger partial charge in [-0.25, -0.2) is 0 Å². The summed E-state index contributed by atoms with van der Waals surface area (Å²) in [6.07, 6.45) is 9.60. The number of quaternary nitrogens is 1. The Bertz CT molecular complexity index is 241. The Hall–Kier alpha value is -0.120. The van der Waals surface area contributed by atoms with Crippen LogP contribution in [0.3, 0.4) is 0 Å². The lowest BCUT2D eigenvalue weighted by Gasteiger charge is -2.26. The fourth-order valence-corrected chi connectivity index (χ4v) is 3.40. The quantitative estimate of drug-likeness (QED) is 0.765. The molecule has 2 rings (SSSR count). The Morgan fingerprint density at radius 2 is 1.95 bits per heavy atom. The van der Waals surface area contributed by atoms with E-state index in [0.29, 0.717) is 12.0 Å². The molecule has 3 atom stereocenters. The van der Waals surface area contributed by atoms with Crippen LogP contribution in [-0.2, 0) is 9.47 Å². The SMILES string of the molecule is CCCC[C@H](CC)[C@H]1OC[C@H](C[NH+]2CCCCC2)O1. The number of unbranched alkanes of at least 4 members (excludes halogenated alkanes) is 1. The van der Waals surface area contributed by atoms with E-state index in [-0.39, 0.29) is 6.29 Å². The largest absolute Gasteiger partial charge is 0.349 e. The first kappa shape index (κ1) is 15.3. The van der Waals surface area contributed by atoms with E-state index >= 15 is 0 Å². The summed E-state index contributed by atoms with van der Waals surface area (Å²) in [5.74, 6) is 0.598. The summed E-state index contributed by atoms with van der Waals surface area (Å²) in [6, 6.07) is 0. The van der Waals surface area contributed by atoms with Crippen LogP contribution in [0.4, 0.5) is 0 Å². The van der Waals surface area contributed by atoms with Crippen molar-refractivity contribution in [3.05, 3.63) is 0 Å². The van der Waals surface area contributed by atoms with Gasteiger partial charge in [0.15, 0.2) is 6.29 Å². The lowest BCUT2D eigenvalue weighted by atomic mass is 9.99. The highest BCUT2D eigenvalue weighted by atomic mass is 16.7. The lowest BCUT2D eigenvalue weighted by Crippen LogP contribution is -3.13. The zero-order valence-corrected chi connectivity index (χ0v) is 12.8. The summed E-state index contributed by atoms with van der Waals surface area (Å²) >= 11 is 0. The molecule has 0 unspecified atom stereocenters. The van der Waals surface area contributed by atoms with Crippen molar-refractivity contribution in [2.45, 2.75) is 71.2 Å². The van der Waals surface area contributed by atoms with Crippen molar-refractivity contribution in [2.24, 2.45) is 5.92 Å². The Labute approximate surface area is 118 Å². The number of ether oxygens (including phenoxy) is 2. The molecule has 2 aliphatic heterocycles. The lowest BCUT2D eigenvalue weighted by molar-refractivity contribution is -0.907. The summed E-state index contributed by atoms with van der Waals surface area (Å²) in [5, 5.41) is 0. The van der Waals surface area contributed by atoms with Gasteiger partial charge < -0.3 is 14.4 Å². The molecular formula is C16H32NO2+. The Kier molecular flexibility index (Phi) is 6.62. The molecule has 2 saturated heterocycles. The Morgan fingerprint density at radius 1 is 1.16 bits per heavy atom. The number of rotatable bonds is 7. The maximum Gasteiger partial charge on any atom is 0.161 e. The van der Waals surface area contributed by atoms with E-state index in [1.807, 2.05) is 0 Å². The van der Waals surface area contributed by atoms with Crippen LogP contribution in [0, 0.1) is 5.92 Å². The molecule has 0 spiro atoms. The molecule has 0 aromatic heterocycles. The fraction of sp³-hybridized carbons (Fsp3) is 1.00. The van der Waals surface area contributed by atoms with Gasteiger partial charge in [-0.1, -0.05) is 26.7 Å². The molecule has 1 N–H and O–H groups in total. The van der Waals surface area contributed by atoms with E-state index in [1.165, 1.54) is 58.0 Å². The summed E-state index contributed by atoms with van der Waals surface area (Å²) in [4.78, 5) is 1.72. The third-order valence-electron chi connectivity index (χ3n) is 4.69. The van der Waals surface area contributed by atoms with Crippen molar-refractivity contribution in [1.82, 2.24) is 0 Å². The number of hydrogen-bond acceptors (Lipinski definition) is 2. The molecule has 3 nitrogen and oxygen atoms in total. The molecular weight excluding hydrogens is 238 g/mol. The predicted molar refractivity (Wildman–Crippen MR) is 77.3 cm³/mol. The fourth-order valence-electron chi connectivity index (χ4n) is 3.40. The van der Waals surface area contributed by atoms with Gasteiger partial charge in [0.2, 0.25) is 0 Å². The number of hydrogen-bond donors (Lipinski definition) is 1. The van der Waals surface area contributed by atoms with E-state index in [2.05, 4.69) is 13.8 Å². The average molecular weight is 270 g/mol. The first-order valence-electron chi connectivity index (χ1n) is 8.44. The van der Waals surface area contributed by atoms with Gasteiger partial charge in [0, 0.05) is 5.92 Å². The van der Waals surface area contributed by atoms with Gasteiger partial charge in [0.1, 0.15) is 12.6 Å². The standard InChI is InChI=1S/C16H31NO2/c1-3-5-9-14(4-2)16-18-13-15(19-16)12-17-10-7-6-8-11-17/h14-16H,3-13H2,1-2H3/p+1/t14-,15-,16-/m0/s1. The van der Waals surface area contributed by atoms with Crippen LogP contribution in [0.1, 0.15) is 58.8 Å². The van der Waals surface area contributed by atoms with Crippen molar-refractivity contribution in [2.75, 3.05) is 26.2 Å². The minimum absolute atomic E-state index is 0.0748. The molecule has 0 aromatic rings. The van der Waals surface area contributed by atoms with Crippen LogP contribution in [0.5, 0.6) is 0 Å². The molecule has 0 saturated carbocycles. The zero-order chi connectivity index (χ0) is 13.5. The van der Waals surface area contributed by atoms with Crippen LogP contribution in [0.25, 0.3) is 0 Å². The summed E-state index contributed by atoms with van der Waals surface area (Å²) in [6.45, 7) is 9.15. The molecule has 2 aliphatic rings. The minimum atomic E-state index is 0.0748. The van der Waals surface area contributed by atoms with Gasteiger partial charge in [-0.2, -0.15) is 0 Å². The molecule has 0 radical (unpaired) electrons. The highest BCUT2D eigenvalue weighted by molar-refractivity contribution is 4.71. The van der Waals surface area contributed by atoms with Gasteiger partial charge in [-0.3, -0.25) is 0 Å². The molecule has 0 bridgehead atoms. The normalized spacial score (nSPS) is 30.6. The van der Waals surface area contributed by atoms with Crippen LogP contribution in [-0.4, -0.2) is 38.6 Å². The van der Waals surface area contributed by atoms with Gasteiger partial charge in [0.25, 0.3) is 0 Å². The maximum atomic E-state index is 6.17. The van der Waals surface area contributed by atoms with Crippen molar-refractivity contribution in [3.8, 4) is 0 Å². The second kappa shape index (κ2) is 8.23. The highest BCUT2D eigenvalue weighted by Crippen LogP contribution is 2.25. The third kappa shape index (κ3) is 4.73. The molecule has 0 aliphatic carbocycles. The first-order chi connectivity index (χ1) is 9.33. The molecule has 2 heterocycles. The molecule has 2 fully saturated rings. The summed E-state index contributed by atoms with van der Waals surface area (Å²) < 4.78 is 12.1. The predicted octanol–water partition coefficient (Wildman–Crippen LogP) is 2.01. The molecule has 0 aromatic carbocycles. The molecule has 19 heavy (non-hydrogen) atoms. The smallest absolute Gasteiger partial charge is 0.161 e.